The number of halogens is 1. The molecule has 3 rings (SSSR count). The van der Waals surface area contributed by atoms with E-state index in [1.54, 1.807) is 0 Å². The fraction of sp³-hybridized carbons (Fsp3) is 0.500. The van der Waals surface area contributed by atoms with Gasteiger partial charge in [-0.05, 0) is 66.0 Å². The smallest absolute Gasteiger partial charge is 0.0864 e. The first kappa shape index (κ1) is 14.1. The van der Waals surface area contributed by atoms with E-state index in [1.807, 2.05) is 0 Å². The van der Waals surface area contributed by atoms with Crippen molar-refractivity contribution in [3.05, 3.63) is 33.4 Å². The van der Waals surface area contributed by atoms with Crippen molar-refractivity contribution in [1.29, 1.82) is 0 Å². The Bertz CT molecular complexity index is 632. The molecule has 108 valence electrons. The molecule has 2 aromatic rings. The third kappa shape index (κ3) is 2.52. The van der Waals surface area contributed by atoms with Crippen molar-refractivity contribution < 1.29 is 0 Å². The number of likely N-dealkylation sites (N-methyl/N-ethyl adjacent to an activating group) is 1. The topological polar surface area (TPSA) is 31.1 Å². The van der Waals surface area contributed by atoms with Gasteiger partial charge in [-0.2, -0.15) is 0 Å². The van der Waals surface area contributed by atoms with Crippen LogP contribution >= 0.6 is 15.9 Å². The summed E-state index contributed by atoms with van der Waals surface area (Å²) in [5.74, 6) is 0. The van der Waals surface area contributed by atoms with E-state index in [1.165, 1.54) is 27.6 Å². The number of hydrogen-bond donors (Lipinski definition) is 2. The van der Waals surface area contributed by atoms with Crippen molar-refractivity contribution in [2.75, 3.05) is 26.7 Å². The number of aromatic nitrogens is 1. The molecule has 4 heteroatoms. The van der Waals surface area contributed by atoms with Crippen LogP contribution in [0.3, 0.4) is 0 Å². The minimum absolute atomic E-state index is 0.569. The number of nitrogens with zero attached hydrogens (tertiary/aromatic N) is 1. The van der Waals surface area contributed by atoms with Gasteiger partial charge in [-0.15, -0.1) is 0 Å². The van der Waals surface area contributed by atoms with E-state index in [0.717, 1.165) is 30.7 Å². The molecule has 1 saturated heterocycles. The monoisotopic (exact) mass is 335 g/mol. The molecule has 1 aliphatic rings. The van der Waals surface area contributed by atoms with Crippen LogP contribution in [-0.2, 0) is 6.42 Å². The zero-order valence-corrected chi connectivity index (χ0v) is 14.0. The molecule has 0 spiro atoms. The Labute approximate surface area is 128 Å². The van der Waals surface area contributed by atoms with Crippen LogP contribution in [0.1, 0.15) is 16.7 Å². The first-order valence-electron chi connectivity index (χ1n) is 7.24. The highest BCUT2D eigenvalue weighted by Gasteiger charge is 2.22. The normalized spacial score (nSPS) is 20.7. The number of benzene rings is 1. The number of hydrogen-bond acceptors (Lipinski definition) is 2. The highest BCUT2D eigenvalue weighted by molar-refractivity contribution is 9.10. The molecule has 0 radical (unpaired) electrons. The molecular formula is C16H22BrN3. The summed E-state index contributed by atoms with van der Waals surface area (Å²) in [6.07, 6.45) is 1.08. The summed E-state index contributed by atoms with van der Waals surface area (Å²) in [5, 5.41) is 4.89. The van der Waals surface area contributed by atoms with Crippen LogP contribution in [0.2, 0.25) is 0 Å². The van der Waals surface area contributed by atoms with E-state index >= 15 is 0 Å². The average molecular weight is 336 g/mol. The molecule has 0 saturated carbocycles. The van der Waals surface area contributed by atoms with E-state index in [0.29, 0.717) is 6.04 Å². The summed E-state index contributed by atoms with van der Waals surface area (Å²) in [6.45, 7) is 7.66. The molecule has 0 bridgehead atoms. The maximum Gasteiger partial charge on any atom is 0.0864 e. The summed E-state index contributed by atoms with van der Waals surface area (Å²) >= 11 is 3.72. The third-order valence-electron chi connectivity index (χ3n) is 4.38. The highest BCUT2D eigenvalue weighted by Crippen LogP contribution is 2.31. The van der Waals surface area contributed by atoms with Gasteiger partial charge in [0.25, 0.3) is 0 Å². The second-order valence-corrected chi connectivity index (χ2v) is 6.76. The van der Waals surface area contributed by atoms with Gasteiger partial charge in [0.15, 0.2) is 0 Å². The average Bonchev–Trinajstić information content (AvgIpc) is 2.68. The Morgan fingerprint density at radius 2 is 2.15 bits per heavy atom. The van der Waals surface area contributed by atoms with Gasteiger partial charge in [-0.1, -0.05) is 6.07 Å². The molecule has 1 atom stereocenters. The predicted molar refractivity (Wildman–Crippen MR) is 88.5 cm³/mol. The van der Waals surface area contributed by atoms with Gasteiger partial charge < -0.3 is 15.2 Å². The van der Waals surface area contributed by atoms with Crippen LogP contribution in [0, 0.1) is 13.8 Å². The molecule has 1 aromatic heterocycles. The molecule has 2 heterocycles. The summed E-state index contributed by atoms with van der Waals surface area (Å²) in [7, 11) is 2.23. The summed E-state index contributed by atoms with van der Waals surface area (Å²) < 4.78 is 1.14. The molecule has 2 N–H and O–H groups in total. The number of aromatic amines is 1. The third-order valence-corrected chi connectivity index (χ3v) is 5.05. The molecule has 3 nitrogen and oxygen atoms in total. The maximum atomic E-state index is 3.72. The van der Waals surface area contributed by atoms with Gasteiger partial charge in [-0.3, -0.25) is 0 Å². The molecule has 0 amide bonds. The number of nitrogens with one attached hydrogen (secondary N) is 2. The fourth-order valence-electron chi connectivity index (χ4n) is 3.29. The summed E-state index contributed by atoms with van der Waals surface area (Å²) in [5.41, 5.74) is 5.34. The van der Waals surface area contributed by atoms with E-state index in [2.05, 4.69) is 64.2 Å². The first-order valence-corrected chi connectivity index (χ1v) is 8.04. The van der Waals surface area contributed by atoms with Crippen LogP contribution in [-0.4, -0.2) is 42.6 Å². The van der Waals surface area contributed by atoms with E-state index < -0.39 is 0 Å². The van der Waals surface area contributed by atoms with Gasteiger partial charge in [0.1, 0.15) is 0 Å². The largest absolute Gasteiger partial charge is 0.349 e. The van der Waals surface area contributed by atoms with E-state index in [-0.39, 0.29) is 0 Å². The highest BCUT2D eigenvalue weighted by atomic mass is 79.9. The van der Waals surface area contributed by atoms with Crippen molar-refractivity contribution in [1.82, 2.24) is 15.2 Å². The Kier molecular flexibility index (Phi) is 3.89. The Hall–Kier alpha value is -0.840. The molecule has 1 aromatic carbocycles. The molecule has 1 unspecified atom stereocenters. The van der Waals surface area contributed by atoms with Gasteiger partial charge in [0.2, 0.25) is 0 Å². The molecule has 1 fully saturated rings. The van der Waals surface area contributed by atoms with Crippen LogP contribution in [0.15, 0.2) is 16.7 Å². The fourth-order valence-corrected chi connectivity index (χ4v) is 3.86. The van der Waals surface area contributed by atoms with Crippen LogP contribution in [0.25, 0.3) is 10.9 Å². The van der Waals surface area contributed by atoms with Gasteiger partial charge in [0, 0.05) is 36.6 Å². The van der Waals surface area contributed by atoms with E-state index in [9.17, 15) is 0 Å². The number of aryl methyl sites for hydroxylation is 2. The number of rotatable bonds is 2. The lowest BCUT2D eigenvalue weighted by atomic mass is 9.99. The second-order valence-electron chi connectivity index (χ2n) is 5.96. The standard InChI is InChI=1S/C16H22BrN3/c1-10-6-11(2)15-13(16(17)19-14(15)7-10)8-12-9-18-4-5-20(12)3/h6-7,12,18-19H,4-5,8-9H2,1-3H3. The Balaban J connectivity index is 2.00. The second kappa shape index (κ2) is 5.51. The zero-order chi connectivity index (χ0) is 14.3. The Morgan fingerprint density at radius 1 is 1.35 bits per heavy atom. The predicted octanol–water partition coefficient (Wildman–Crippen LogP) is 2.99. The lowest BCUT2D eigenvalue weighted by Crippen LogP contribution is -2.50. The summed E-state index contributed by atoms with van der Waals surface area (Å²) in [4.78, 5) is 5.95. The lowest BCUT2D eigenvalue weighted by Gasteiger charge is -2.33. The Morgan fingerprint density at radius 3 is 2.90 bits per heavy atom. The number of H-pyrrole nitrogens is 1. The van der Waals surface area contributed by atoms with Gasteiger partial charge in [-0.25, -0.2) is 0 Å². The van der Waals surface area contributed by atoms with Crippen molar-refractivity contribution in [2.45, 2.75) is 26.3 Å². The molecular weight excluding hydrogens is 314 g/mol. The molecule has 0 aliphatic carbocycles. The zero-order valence-electron chi connectivity index (χ0n) is 12.4. The minimum Gasteiger partial charge on any atom is -0.349 e. The van der Waals surface area contributed by atoms with Gasteiger partial charge >= 0.3 is 0 Å². The van der Waals surface area contributed by atoms with E-state index in [4.69, 9.17) is 0 Å². The SMILES string of the molecule is Cc1cc(C)c2c(CC3CNCCN3C)c(Br)[nH]c2c1. The van der Waals surface area contributed by atoms with Crippen molar-refractivity contribution in [3.8, 4) is 0 Å². The van der Waals surface area contributed by atoms with Gasteiger partial charge in [0.05, 0.1) is 4.60 Å². The quantitative estimate of drug-likeness (QED) is 0.883. The van der Waals surface area contributed by atoms with Crippen molar-refractivity contribution >= 4 is 26.8 Å². The van der Waals surface area contributed by atoms with Crippen molar-refractivity contribution in [3.63, 3.8) is 0 Å². The van der Waals surface area contributed by atoms with Crippen LogP contribution in [0.4, 0.5) is 0 Å². The van der Waals surface area contributed by atoms with Crippen molar-refractivity contribution in [2.24, 2.45) is 0 Å². The van der Waals surface area contributed by atoms with Crippen LogP contribution < -0.4 is 5.32 Å². The summed E-state index contributed by atoms with van der Waals surface area (Å²) in [6, 6.07) is 5.08. The number of piperazine rings is 1. The van der Waals surface area contributed by atoms with Crippen LogP contribution in [0.5, 0.6) is 0 Å². The molecule has 20 heavy (non-hydrogen) atoms. The first-order chi connectivity index (χ1) is 9.56. The minimum atomic E-state index is 0.569. The number of fused-ring (bicyclic) bond motifs is 1. The maximum absolute atomic E-state index is 3.72. The lowest BCUT2D eigenvalue weighted by molar-refractivity contribution is 0.199. The molecule has 1 aliphatic heterocycles.